The largest absolute Gasteiger partial charge is 0.308 e. The predicted octanol–water partition coefficient (Wildman–Crippen LogP) is 3.45. The van der Waals surface area contributed by atoms with Crippen LogP contribution in [0.5, 0.6) is 0 Å². The summed E-state index contributed by atoms with van der Waals surface area (Å²) in [5, 5.41) is 3.64. The molecule has 0 heterocycles. The lowest BCUT2D eigenvalue weighted by atomic mass is 9.98. The number of nitrogens with one attached hydrogen (secondary N) is 1. The molecule has 0 aliphatic heterocycles. The molecule has 0 saturated heterocycles. The average Bonchev–Trinajstić information content (AvgIpc) is 2.46. The molecule has 21 heavy (non-hydrogen) atoms. The molecular formula is C18H23FN2. The van der Waals surface area contributed by atoms with Crippen molar-refractivity contribution in [3.05, 3.63) is 71.5 Å². The van der Waals surface area contributed by atoms with Crippen LogP contribution in [0.4, 0.5) is 4.39 Å². The molecule has 0 aromatic heterocycles. The number of hydrogen-bond donors (Lipinski definition) is 1. The highest BCUT2D eigenvalue weighted by molar-refractivity contribution is 5.32. The Hall–Kier alpha value is -1.71. The van der Waals surface area contributed by atoms with Gasteiger partial charge in [-0.15, -0.1) is 0 Å². The highest BCUT2D eigenvalue weighted by Crippen LogP contribution is 2.22. The van der Waals surface area contributed by atoms with Gasteiger partial charge in [0, 0.05) is 12.6 Å². The summed E-state index contributed by atoms with van der Waals surface area (Å²) in [6, 6.07) is 17.4. The summed E-state index contributed by atoms with van der Waals surface area (Å²) in [6.07, 6.45) is 0. The minimum atomic E-state index is -0.202. The number of benzene rings is 2. The van der Waals surface area contributed by atoms with Crippen LogP contribution in [-0.4, -0.2) is 31.6 Å². The van der Waals surface area contributed by atoms with Crippen molar-refractivity contribution in [2.24, 2.45) is 0 Å². The Bertz CT molecular complexity index is 537. The molecule has 1 N–H and O–H groups in total. The zero-order valence-corrected chi connectivity index (χ0v) is 12.9. The van der Waals surface area contributed by atoms with Crippen molar-refractivity contribution in [3.63, 3.8) is 0 Å². The van der Waals surface area contributed by atoms with Gasteiger partial charge in [-0.1, -0.05) is 42.5 Å². The zero-order chi connectivity index (χ0) is 15.2. The molecule has 112 valence electrons. The van der Waals surface area contributed by atoms with Crippen LogP contribution in [0.1, 0.15) is 24.1 Å². The van der Waals surface area contributed by atoms with Gasteiger partial charge in [0.2, 0.25) is 0 Å². The van der Waals surface area contributed by atoms with Gasteiger partial charge in [0.05, 0.1) is 6.04 Å². The third-order valence-corrected chi connectivity index (χ3v) is 3.43. The number of likely N-dealkylation sites (N-methyl/N-ethyl adjacent to an activating group) is 1. The molecule has 2 unspecified atom stereocenters. The van der Waals surface area contributed by atoms with E-state index in [9.17, 15) is 4.39 Å². The fourth-order valence-corrected chi connectivity index (χ4v) is 2.57. The van der Waals surface area contributed by atoms with Gasteiger partial charge < -0.3 is 10.2 Å². The SMILES string of the molecule is CC(CN(C)C)NC(c1ccccc1)c1ccc(F)cc1. The fraction of sp³-hybridized carbons (Fsp3) is 0.333. The highest BCUT2D eigenvalue weighted by atomic mass is 19.1. The van der Waals surface area contributed by atoms with Gasteiger partial charge >= 0.3 is 0 Å². The average molecular weight is 286 g/mol. The van der Waals surface area contributed by atoms with Crippen molar-refractivity contribution in [1.29, 1.82) is 0 Å². The molecule has 3 heteroatoms. The normalized spacial score (nSPS) is 14.1. The van der Waals surface area contributed by atoms with Crippen molar-refractivity contribution in [2.45, 2.75) is 19.0 Å². The minimum Gasteiger partial charge on any atom is -0.308 e. The minimum absolute atomic E-state index is 0.0711. The summed E-state index contributed by atoms with van der Waals surface area (Å²) in [5.74, 6) is -0.202. The van der Waals surface area contributed by atoms with Crippen LogP contribution in [0.25, 0.3) is 0 Å². The standard InChI is InChI=1S/C18H23FN2/c1-14(13-21(2)3)20-18(15-7-5-4-6-8-15)16-9-11-17(19)12-10-16/h4-12,14,18,20H,13H2,1-3H3. The fourth-order valence-electron chi connectivity index (χ4n) is 2.57. The van der Waals surface area contributed by atoms with Crippen LogP contribution < -0.4 is 5.32 Å². The predicted molar refractivity (Wildman–Crippen MR) is 85.8 cm³/mol. The van der Waals surface area contributed by atoms with E-state index in [-0.39, 0.29) is 11.9 Å². The lowest BCUT2D eigenvalue weighted by molar-refractivity contribution is 0.339. The van der Waals surface area contributed by atoms with Gasteiger partial charge in [-0.3, -0.25) is 0 Å². The number of nitrogens with zero attached hydrogens (tertiary/aromatic N) is 1. The number of hydrogen-bond acceptors (Lipinski definition) is 2. The van der Waals surface area contributed by atoms with Crippen molar-refractivity contribution in [3.8, 4) is 0 Å². The van der Waals surface area contributed by atoms with Gasteiger partial charge in [-0.25, -0.2) is 4.39 Å². The molecule has 0 amide bonds. The topological polar surface area (TPSA) is 15.3 Å². The second-order valence-electron chi connectivity index (χ2n) is 5.73. The molecule has 0 fully saturated rings. The van der Waals surface area contributed by atoms with E-state index in [1.807, 2.05) is 30.3 Å². The van der Waals surface area contributed by atoms with Crippen LogP contribution in [0.2, 0.25) is 0 Å². The molecule has 0 spiro atoms. The molecule has 0 saturated carbocycles. The van der Waals surface area contributed by atoms with Crippen molar-refractivity contribution < 1.29 is 4.39 Å². The van der Waals surface area contributed by atoms with E-state index < -0.39 is 0 Å². The maximum atomic E-state index is 13.2. The van der Waals surface area contributed by atoms with Gasteiger partial charge in [-0.2, -0.15) is 0 Å². The summed E-state index contributed by atoms with van der Waals surface area (Å²) in [6.45, 7) is 3.12. The third kappa shape index (κ3) is 4.66. The van der Waals surface area contributed by atoms with Crippen LogP contribution >= 0.6 is 0 Å². The molecule has 2 aromatic carbocycles. The van der Waals surface area contributed by atoms with E-state index in [4.69, 9.17) is 0 Å². The van der Waals surface area contributed by atoms with Crippen LogP contribution in [0, 0.1) is 5.82 Å². The summed E-state index contributed by atoms with van der Waals surface area (Å²) in [7, 11) is 4.13. The summed E-state index contributed by atoms with van der Waals surface area (Å²) < 4.78 is 13.2. The van der Waals surface area contributed by atoms with Gasteiger partial charge in [0.1, 0.15) is 5.82 Å². The Kier molecular flexibility index (Phi) is 5.48. The maximum absolute atomic E-state index is 13.2. The molecule has 2 nitrogen and oxygen atoms in total. The van der Waals surface area contributed by atoms with E-state index in [1.165, 1.54) is 17.7 Å². The molecule has 2 atom stereocenters. The Balaban J connectivity index is 2.24. The van der Waals surface area contributed by atoms with E-state index in [0.29, 0.717) is 6.04 Å². The first kappa shape index (κ1) is 15.7. The lowest BCUT2D eigenvalue weighted by Gasteiger charge is -2.26. The quantitative estimate of drug-likeness (QED) is 0.875. The Morgan fingerprint density at radius 3 is 2.10 bits per heavy atom. The van der Waals surface area contributed by atoms with Crippen LogP contribution in [0.15, 0.2) is 54.6 Å². The second kappa shape index (κ2) is 7.34. The van der Waals surface area contributed by atoms with Crippen LogP contribution in [0.3, 0.4) is 0 Å². The second-order valence-corrected chi connectivity index (χ2v) is 5.73. The van der Waals surface area contributed by atoms with Crippen molar-refractivity contribution in [2.75, 3.05) is 20.6 Å². The Labute approximate surface area is 126 Å². The third-order valence-electron chi connectivity index (χ3n) is 3.43. The van der Waals surface area contributed by atoms with Crippen molar-refractivity contribution >= 4 is 0 Å². The smallest absolute Gasteiger partial charge is 0.123 e. The monoisotopic (exact) mass is 286 g/mol. The molecule has 0 aliphatic rings. The number of rotatable bonds is 6. The molecule has 0 radical (unpaired) electrons. The molecule has 0 aliphatic carbocycles. The van der Waals surface area contributed by atoms with E-state index in [1.54, 1.807) is 0 Å². The highest BCUT2D eigenvalue weighted by Gasteiger charge is 2.16. The first-order valence-electron chi connectivity index (χ1n) is 7.27. The lowest BCUT2D eigenvalue weighted by Crippen LogP contribution is -2.38. The van der Waals surface area contributed by atoms with Gasteiger partial charge in [-0.05, 0) is 44.3 Å². The van der Waals surface area contributed by atoms with E-state index in [2.05, 4.69) is 43.4 Å². The summed E-state index contributed by atoms with van der Waals surface area (Å²) >= 11 is 0. The van der Waals surface area contributed by atoms with Gasteiger partial charge in [0.15, 0.2) is 0 Å². The van der Waals surface area contributed by atoms with Crippen LogP contribution in [-0.2, 0) is 0 Å². The van der Waals surface area contributed by atoms with Crippen molar-refractivity contribution in [1.82, 2.24) is 10.2 Å². The Morgan fingerprint density at radius 1 is 0.952 bits per heavy atom. The maximum Gasteiger partial charge on any atom is 0.123 e. The molecule has 0 bridgehead atoms. The first-order valence-corrected chi connectivity index (χ1v) is 7.27. The number of halogens is 1. The molecular weight excluding hydrogens is 263 g/mol. The molecule has 2 aromatic rings. The van der Waals surface area contributed by atoms with E-state index >= 15 is 0 Å². The molecule has 2 rings (SSSR count). The zero-order valence-electron chi connectivity index (χ0n) is 12.9. The van der Waals surface area contributed by atoms with E-state index in [0.717, 1.165) is 12.1 Å². The summed E-state index contributed by atoms with van der Waals surface area (Å²) in [4.78, 5) is 2.16. The van der Waals surface area contributed by atoms with Gasteiger partial charge in [0.25, 0.3) is 0 Å². The Morgan fingerprint density at radius 2 is 1.52 bits per heavy atom. The summed E-state index contributed by atoms with van der Waals surface area (Å²) in [5.41, 5.74) is 2.27. The first-order chi connectivity index (χ1) is 10.1.